The molecule has 2 fully saturated rings. The third-order valence-corrected chi connectivity index (χ3v) is 10.4. The summed E-state index contributed by atoms with van der Waals surface area (Å²) in [7, 11) is -3.10. The average Bonchev–Trinajstić information content (AvgIpc) is 3.90. The Morgan fingerprint density at radius 1 is 1.12 bits per heavy atom. The molecule has 2 heterocycles. The topological polar surface area (TPSA) is 212 Å². The number of ether oxygens (including phenoxy) is 3. The van der Waals surface area contributed by atoms with Gasteiger partial charge in [0.15, 0.2) is 19.7 Å². The van der Waals surface area contributed by atoms with Crippen LogP contribution in [0.15, 0.2) is 47.7 Å². The lowest BCUT2D eigenvalue weighted by Crippen LogP contribution is -2.40. The van der Waals surface area contributed by atoms with Crippen molar-refractivity contribution in [1.29, 1.82) is 0 Å². The van der Waals surface area contributed by atoms with Gasteiger partial charge in [-0.3, -0.25) is 18.9 Å². The van der Waals surface area contributed by atoms with E-state index in [0.717, 1.165) is 31.7 Å². The number of hydrogen-bond acceptors (Lipinski definition) is 12. The van der Waals surface area contributed by atoms with Crippen molar-refractivity contribution in [2.24, 2.45) is 5.73 Å². The van der Waals surface area contributed by atoms with Crippen molar-refractivity contribution in [3.63, 3.8) is 0 Å². The zero-order valence-electron chi connectivity index (χ0n) is 32.3. The molecular formula is C36H42ClF5N5O10PS. The van der Waals surface area contributed by atoms with Gasteiger partial charge in [0.05, 0.1) is 16.8 Å². The van der Waals surface area contributed by atoms with E-state index >= 15 is 0 Å². The van der Waals surface area contributed by atoms with Gasteiger partial charge < -0.3 is 34.8 Å². The summed E-state index contributed by atoms with van der Waals surface area (Å²) in [4.78, 5) is 57.5. The molecule has 1 saturated heterocycles. The van der Waals surface area contributed by atoms with Crippen molar-refractivity contribution < 1.29 is 69.9 Å². The summed E-state index contributed by atoms with van der Waals surface area (Å²) < 4.78 is 91.0. The number of nitrogens with two attached hydrogens (primary N) is 1. The fourth-order valence-electron chi connectivity index (χ4n) is 5.26. The zero-order valence-corrected chi connectivity index (χ0v) is 34.8. The zero-order chi connectivity index (χ0) is 44.4. The summed E-state index contributed by atoms with van der Waals surface area (Å²) in [6.07, 6.45) is -1.61. The molecular weight excluding hydrogens is 856 g/mol. The first kappa shape index (κ1) is 48.7. The summed E-state index contributed by atoms with van der Waals surface area (Å²) in [5.41, 5.74) is 5.86. The number of aliphatic carboxylic acids is 1. The van der Waals surface area contributed by atoms with Crippen molar-refractivity contribution >= 4 is 65.6 Å². The lowest BCUT2D eigenvalue weighted by molar-refractivity contribution is -0.139. The van der Waals surface area contributed by atoms with Gasteiger partial charge in [0.1, 0.15) is 23.4 Å². The molecule has 2 atom stereocenters. The highest BCUT2D eigenvalue weighted by atomic mass is 35.5. The predicted octanol–water partition coefficient (Wildman–Crippen LogP) is 7.78. The van der Waals surface area contributed by atoms with Crippen LogP contribution in [0.25, 0.3) is 0 Å². The summed E-state index contributed by atoms with van der Waals surface area (Å²) in [6, 6.07) is 6.31. The minimum absolute atomic E-state index is 0.00962. The number of carbonyl (C=O) groups is 4. The molecule has 1 aromatic heterocycles. The van der Waals surface area contributed by atoms with Gasteiger partial charge in [-0.1, -0.05) is 28.0 Å². The molecule has 15 nitrogen and oxygen atoms in total. The van der Waals surface area contributed by atoms with Gasteiger partial charge in [0, 0.05) is 30.6 Å². The number of carboxylic acids is 1. The first-order valence-electron chi connectivity index (χ1n) is 17.7. The molecule has 0 bridgehead atoms. The van der Waals surface area contributed by atoms with Crippen molar-refractivity contribution in [2.45, 2.75) is 84.2 Å². The quantitative estimate of drug-likeness (QED) is 0.0902. The molecule has 3 amide bonds. The number of alkyl halides is 3. The molecule has 23 heteroatoms. The molecule has 324 valence electrons. The maximum absolute atomic E-state index is 14.3. The van der Waals surface area contributed by atoms with Crippen molar-refractivity contribution in [2.75, 3.05) is 29.2 Å². The number of rotatable bonds is 12. The molecule has 5 rings (SSSR count). The van der Waals surface area contributed by atoms with Crippen LogP contribution in [-0.4, -0.2) is 81.7 Å². The van der Waals surface area contributed by atoms with Crippen LogP contribution in [0.1, 0.15) is 64.8 Å². The highest BCUT2D eigenvalue weighted by Gasteiger charge is 2.40. The highest BCUT2D eigenvalue weighted by Crippen LogP contribution is 2.38. The van der Waals surface area contributed by atoms with Gasteiger partial charge in [0.2, 0.25) is 5.01 Å². The standard InChI is InChI=1S/C17H17ClFNO4.C14H13F4N3O2S.C5H12NO4P/c1-9(2)15-16(21)20(17(22)24-15)13-8-14(11(18)7-12(13)19)23-10-5-3-4-6-10;1-8(2)21(10-5-3-9(15)4-6-10)11(22)7-23-13-20-19-12(24-13)14(16,17)18;1-11(9,10)3-2-4(6)5(7)8/h7-8,10H,3-6H2,1-2H3;3-6,8H,7H2,1-2H3;4H,2-3,6H2,1H3,(H,7,8)(H,9,10). The third-order valence-electron chi connectivity index (χ3n) is 8.09. The van der Waals surface area contributed by atoms with Crippen LogP contribution in [0.4, 0.5) is 38.1 Å². The number of aromatic nitrogens is 2. The molecule has 2 aliphatic rings. The van der Waals surface area contributed by atoms with E-state index < -0.39 is 66.7 Å². The maximum atomic E-state index is 14.3. The molecule has 3 aromatic rings. The summed E-state index contributed by atoms with van der Waals surface area (Å²) in [6.45, 7) is 7.43. The Hall–Kier alpha value is -4.69. The van der Waals surface area contributed by atoms with E-state index in [1.54, 1.807) is 27.7 Å². The molecule has 0 spiro atoms. The predicted molar refractivity (Wildman–Crippen MR) is 207 cm³/mol. The number of amides is 3. The molecule has 2 unspecified atom stereocenters. The van der Waals surface area contributed by atoms with Crippen LogP contribution >= 0.6 is 30.3 Å². The number of halogens is 6. The first-order valence-corrected chi connectivity index (χ1v) is 21.2. The Kier molecular flexibility index (Phi) is 17.3. The second-order valence-corrected chi connectivity index (χ2v) is 17.5. The number of nitrogens with zero attached hydrogens (tertiary/aromatic N) is 4. The van der Waals surface area contributed by atoms with E-state index in [1.807, 2.05) is 0 Å². The van der Waals surface area contributed by atoms with Crippen LogP contribution in [0, 0.1) is 11.6 Å². The number of benzene rings is 2. The maximum Gasteiger partial charge on any atom is 0.445 e. The highest BCUT2D eigenvalue weighted by molar-refractivity contribution is 7.57. The van der Waals surface area contributed by atoms with Crippen LogP contribution in [0.3, 0.4) is 0 Å². The van der Waals surface area contributed by atoms with Crippen molar-refractivity contribution in [3.8, 4) is 10.9 Å². The van der Waals surface area contributed by atoms with Gasteiger partial charge in [-0.05, 0) is 95.7 Å². The third kappa shape index (κ3) is 14.5. The summed E-state index contributed by atoms with van der Waals surface area (Å²) in [5.74, 6) is -3.41. The number of anilines is 2. The SMILES string of the molecule is CC(C)=C1OC(=O)N(c2cc(OC3CCCC3)c(Cl)cc2F)C1=O.CC(C)N(C(=O)COc1nnc(C(F)(F)F)s1)c1ccc(F)cc1.CP(=O)(O)CCC(N)C(=O)O. The number of carbonyl (C=O) groups excluding carboxylic acids is 3. The number of carboxylic acid groups (broad SMARTS) is 1. The Balaban J connectivity index is 0.000000254. The fraction of sp³-hybridized carbons (Fsp3) is 0.444. The Bertz CT molecular complexity index is 2060. The van der Waals surface area contributed by atoms with Crippen molar-refractivity contribution in [1.82, 2.24) is 10.2 Å². The lowest BCUT2D eigenvalue weighted by atomic mass is 10.2. The summed E-state index contributed by atoms with van der Waals surface area (Å²) >= 11 is 6.25. The van der Waals surface area contributed by atoms with Gasteiger partial charge in [-0.15, -0.1) is 5.10 Å². The molecule has 0 radical (unpaired) electrons. The molecule has 1 aliphatic heterocycles. The number of imide groups is 1. The Morgan fingerprint density at radius 2 is 1.73 bits per heavy atom. The average molecular weight is 898 g/mol. The first-order chi connectivity index (χ1) is 27.4. The second-order valence-electron chi connectivity index (χ2n) is 13.6. The van der Waals surface area contributed by atoms with E-state index in [-0.39, 0.29) is 63.5 Å². The minimum Gasteiger partial charge on any atom is -0.489 e. The van der Waals surface area contributed by atoms with Gasteiger partial charge in [-0.25, -0.2) is 18.5 Å². The Morgan fingerprint density at radius 3 is 2.22 bits per heavy atom. The van der Waals surface area contributed by atoms with Crippen molar-refractivity contribution in [3.05, 3.63) is 69.4 Å². The smallest absolute Gasteiger partial charge is 0.445 e. The van der Waals surface area contributed by atoms with E-state index in [0.29, 0.717) is 16.2 Å². The fourth-order valence-corrected chi connectivity index (χ4v) is 6.77. The van der Waals surface area contributed by atoms with E-state index in [2.05, 4.69) is 10.2 Å². The second kappa shape index (κ2) is 21.0. The summed E-state index contributed by atoms with van der Waals surface area (Å²) in [5, 5.41) is 13.1. The van der Waals surface area contributed by atoms with E-state index in [4.69, 9.17) is 41.5 Å². The van der Waals surface area contributed by atoms with Crippen LogP contribution in [-0.2, 0) is 29.9 Å². The molecule has 59 heavy (non-hydrogen) atoms. The lowest BCUT2D eigenvalue weighted by Gasteiger charge is -2.26. The minimum atomic E-state index is -4.61. The van der Waals surface area contributed by atoms with Crippen LogP contribution in [0.5, 0.6) is 10.9 Å². The van der Waals surface area contributed by atoms with Crippen LogP contribution in [0.2, 0.25) is 5.02 Å². The van der Waals surface area contributed by atoms with Gasteiger partial charge in [0.25, 0.3) is 11.1 Å². The van der Waals surface area contributed by atoms with E-state index in [9.17, 15) is 45.7 Å². The monoisotopic (exact) mass is 897 g/mol. The largest absolute Gasteiger partial charge is 0.489 e. The number of allylic oxidation sites excluding steroid dienone is 1. The van der Waals surface area contributed by atoms with E-state index in [1.165, 1.54) is 41.9 Å². The van der Waals surface area contributed by atoms with Crippen LogP contribution < -0.4 is 25.0 Å². The number of cyclic esters (lactones) is 1. The molecule has 4 N–H and O–H groups in total. The number of hydrogen-bond donors (Lipinski definition) is 3. The molecule has 1 saturated carbocycles. The molecule has 1 aliphatic carbocycles. The van der Waals surface area contributed by atoms with Gasteiger partial charge >= 0.3 is 24.1 Å². The normalized spacial score (nSPS) is 15.7. The Labute approximate surface area is 344 Å². The molecule has 2 aromatic carbocycles. The van der Waals surface area contributed by atoms with Gasteiger partial charge in [-0.2, -0.15) is 13.2 Å².